The van der Waals surface area contributed by atoms with Gasteiger partial charge in [0, 0.05) is 6.04 Å². The Labute approximate surface area is 121 Å². The van der Waals surface area contributed by atoms with Gasteiger partial charge < -0.3 is 15.2 Å². The predicted molar refractivity (Wildman–Crippen MR) is 79.7 cm³/mol. The van der Waals surface area contributed by atoms with E-state index < -0.39 is 0 Å². The predicted octanol–water partition coefficient (Wildman–Crippen LogP) is 2.54. The fraction of sp³-hybridized carbons (Fsp3) is 0.562. The van der Waals surface area contributed by atoms with Crippen LogP contribution in [0.3, 0.4) is 0 Å². The molecule has 2 atom stereocenters. The summed E-state index contributed by atoms with van der Waals surface area (Å²) in [5.41, 5.74) is 7.01. The molecule has 0 radical (unpaired) electrons. The van der Waals surface area contributed by atoms with Crippen molar-refractivity contribution >= 4 is 5.97 Å². The maximum absolute atomic E-state index is 11.5. The smallest absolute Gasteiger partial charge is 0.306 e. The van der Waals surface area contributed by atoms with Crippen molar-refractivity contribution in [2.45, 2.75) is 39.2 Å². The van der Waals surface area contributed by atoms with Gasteiger partial charge in [-0.3, -0.25) is 4.79 Å². The number of nitrogens with two attached hydrogens (primary N) is 1. The van der Waals surface area contributed by atoms with Crippen LogP contribution in [0.4, 0.5) is 0 Å². The average molecular weight is 279 g/mol. The Bertz CT molecular complexity index is 428. The van der Waals surface area contributed by atoms with Gasteiger partial charge >= 0.3 is 5.97 Å². The fourth-order valence-corrected chi connectivity index (χ4v) is 2.10. The first-order valence-electron chi connectivity index (χ1n) is 6.86. The number of rotatable bonds is 7. The van der Waals surface area contributed by atoms with E-state index in [-0.39, 0.29) is 17.4 Å². The Kier molecular flexibility index (Phi) is 6.02. The average Bonchev–Trinajstić information content (AvgIpc) is 2.45. The van der Waals surface area contributed by atoms with Gasteiger partial charge in [0.05, 0.1) is 20.6 Å². The lowest BCUT2D eigenvalue weighted by molar-refractivity contribution is -0.143. The van der Waals surface area contributed by atoms with Crippen molar-refractivity contribution < 1.29 is 14.3 Å². The minimum atomic E-state index is -0.257. The molecule has 1 aromatic carbocycles. The number of methoxy groups -OCH3 is 2. The number of carbonyl (C=O) groups is 1. The zero-order valence-corrected chi connectivity index (χ0v) is 12.8. The van der Waals surface area contributed by atoms with Gasteiger partial charge in [0.15, 0.2) is 0 Å². The number of aryl methyl sites for hydroxylation is 1. The molecule has 2 unspecified atom stereocenters. The Morgan fingerprint density at radius 2 is 1.90 bits per heavy atom. The van der Waals surface area contributed by atoms with E-state index in [0.717, 1.165) is 18.6 Å². The standard InChI is InChI=1S/C16H25NO3/c1-12(17)16(2,11-15(18)20-4)10-9-13-5-7-14(19-3)8-6-13/h5-8,12H,9-11,17H2,1-4H3. The van der Waals surface area contributed by atoms with Gasteiger partial charge in [-0.05, 0) is 42.9 Å². The molecule has 1 rings (SSSR count). The summed E-state index contributed by atoms with van der Waals surface area (Å²) in [6, 6.07) is 7.90. The third-order valence-electron chi connectivity index (χ3n) is 4.02. The van der Waals surface area contributed by atoms with E-state index in [1.54, 1.807) is 7.11 Å². The van der Waals surface area contributed by atoms with Gasteiger partial charge in [-0.25, -0.2) is 0 Å². The van der Waals surface area contributed by atoms with Crippen molar-refractivity contribution in [1.82, 2.24) is 0 Å². The molecular weight excluding hydrogens is 254 g/mol. The van der Waals surface area contributed by atoms with Gasteiger partial charge in [0.25, 0.3) is 0 Å². The molecule has 2 N–H and O–H groups in total. The molecule has 0 saturated heterocycles. The van der Waals surface area contributed by atoms with E-state index >= 15 is 0 Å². The van der Waals surface area contributed by atoms with Crippen molar-refractivity contribution in [3.8, 4) is 5.75 Å². The number of hydrogen-bond acceptors (Lipinski definition) is 4. The molecule has 0 aromatic heterocycles. The normalized spacial score (nSPS) is 15.2. The molecule has 4 heteroatoms. The number of ether oxygens (including phenoxy) is 2. The summed E-state index contributed by atoms with van der Waals surface area (Å²) >= 11 is 0. The number of benzene rings is 1. The second kappa shape index (κ2) is 7.29. The third-order valence-corrected chi connectivity index (χ3v) is 4.02. The molecule has 0 aliphatic carbocycles. The third kappa shape index (κ3) is 4.53. The molecule has 0 aliphatic heterocycles. The van der Waals surface area contributed by atoms with Gasteiger partial charge in [0.2, 0.25) is 0 Å². The quantitative estimate of drug-likeness (QED) is 0.779. The largest absolute Gasteiger partial charge is 0.497 e. The van der Waals surface area contributed by atoms with E-state index in [1.807, 2.05) is 38.1 Å². The molecule has 0 fully saturated rings. The first kappa shape index (κ1) is 16.5. The Balaban J connectivity index is 2.68. The van der Waals surface area contributed by atoms with Crippen LogP contribution in [-0.2, 0) is 16.0 Å². The van der Waals surface area contributed by atoms with Crippen LogP contribution >= 0.6 is 0 Å². The minimum absolute atomic E-state index is 0.0696. The SMILES string of the molecule is COC(=O)CC(C)(CCc1ccc(OC)cc1)C(C)N. The van der Waals surface area contributed by atoms with Crippen LogP contribution in [-0.4, -0.2) is 26.2 Å². The second-order valence-electron chi connectivity index (χ2n) is 5.54. The topological polar surface area (TPSA) is 61.5 Å². The van der Waals surface area contributed by atoms with Crippen molar-refractivity contribution in [3.05, 3.63) is 29.8 Å². The van der Waals surface area contributed by atoms with Crippen molar-refractivity contribution in [2.75, 3.05) is 14.2 Å². The zero-order chi connectivity index (χ0) is 15.2. The first-order valence-corrected chi connectivity index (χ1v) is 6.86. The van der Waals surface area contributed by atoms with E-state index in [1.165, 1.54) is 12.7 Å². The summed E-state index contributed by atoms with van der Waals surface area (Å²) in [5.74, 6) is 0.637. The number of hydrogen-bond donors (Lipinski definition) is 1. The Morgan fingerprint density at radius 3 is 2.35 bits per heavy atom. The van der Waals surface area contributed by atoms with Gasteiger partial charge in [-0.1, -0.05) is 19.1 Å². The van der Waals surface area contributed by atoms with Crippen LogP contribution in [0.1, 0.15) is 32.3 Å². The van der Waals surface area contributed by atoms with Crippen LogP contribution in [0.5, 0.6) is 5.75 Å². The first-order chi connectivity index (χ1) is 9.41. The van der Waals surface area contributed by atoms with Crippen LogP contribution in [0.2, 0.25) is 0 Å². The monoisotopic (exact) mass is 279 g/mol. The Hall–Kier alpha value is -1.55. The lowest BCUT2D eigenvalue weighted by Crippen LogP contribution is -2.39. The highest BCUT2D eigenvalue weighted by Gasteiger charge is 2.31. The summed E-state index contributed by atoms with van der Waals surface area (Å²) < 4.78 is 9.91. The lowest BCUT2D eigenvalue weighted by Gasteiger charge is -2.32. The van der Waals surface area contributed by atoms with Gasteiger partial charge in [0.1, 0.15) is 5.75 Å². The van der Waals surface area contributed by atoms with Crippen LogP contribution in [0, 0.1) is 5.41 Å². The highest BCUT2D eigenvalue weighted by Crippen LogP contribution is 2.31. The summed E-state index contributed by atoms with van der Waals surface area (Å²) in [5, 5.41) is 0. The van der Waals surface area contributed by atoms with Crippen molar-refractivity contribution in [2.24, 2.45) is 11.1 Å². The highest BCUT2D eigenvalue weighted by molar-refractivity contribution is 5.70. The minimum Gasteiger partial charge on any atom is -0.497 e. The summed E-state index contributed by atoms with van der Waals surface area (Å²) in [6.07, 6.45) is 2.06. The molecule has 0 spiro atoms. The summed E-state index contributed by atoms with van der Waals surface area (Å²) in [7, 11) is 3.06. The summed E-state index contributed by atoms with van der Waals surface area (Å²) in [6.45, 7) is 3.98. The van der Waals surface area contributed by atoms with E-state index in [2.05, 4.69) is 0 Å². The van der Waals surface area contributed by atoms with E-state index in [4.69, 9.17) is 15.2 Å². The van der Waals surface area contributed by atoms with Crippen LogP contribution in [0.15, 0.2) is 24.3 Å². The molecule has 0 aliphatic rings. The zero-order valence-electron chi connectivity index (χ0n) is 12.8. The van der Waals surface area contributed by atoms with Crippen molar-refractivity contribution in [3.63, 3.8) is 0 Å². The number of esters is 1. The van der Waals surface area contributed by atoms with Gasteiger partial charge in [-0.2, -0.15) is 0 Å². The lowest BCUT2D eigenvalue weighted by atomic mass is 9.76. The second-order valence-corrected chi connectivity index (χ2v) is 5.54. The van der Waals surface area contributed by atoms with E-state index in [0.29, 0.717) is 6.42 Å². The van der Waals surface area contributed by atoms with Gasteiger partial charge in [-0.15, -0.1) is 0 Å². The molecule has 0 amide bonds. The maximum Gasteiger partial charge on any atom is 0.306 e. The molecule has 1 aromatic rings. The maximum atomic E-state index is 11.5. The van der Waals surface area contributed by atoms with Crippen molar-refractivity contribution in [1.29, 1.82) is 0 Å². The molecule has 112 valence electrons. The molecule has 20 heavy (non-hydrogen) atoms. The summed E-state index contributed by atoms with van der Waals surface area (Å²) in [4.78, 5) is 11.5. The van der Waals surface area contributed by atoms with Crippen LogP contribution < -0.4 is 10.5 Å². The molecule has 0 saturated carbocycles. The highest BCUT2D eigenvalue weighted by atomic mass is 16.5. The fourth-order valence-electron chi connectivity index (χ4n) is 2.10. The Morgan fingerprint density at radius 1 is 1.30 bits per heavy atom. The molecule has 0 bridgehead atoms. The molecular formula is C16H25NO3. The molecule has 4 nitrogen and oxygen atoms in total. The van der Waals surface area contributed by atoms with E-state index in [9.17, 15) is 4.79 Å². The van der Waals surface area contributed by atoms with Crippen LogP contribution in [0.25, 0.3) is 0 Å². The number of carbonyl (C=O) groups excluding carboxylic acids is 1. The molecule has 0 heterocycles.